The second-order valence-electron chi connectivity index (χ2n) is 2.63. The molecule has 1 atom stereocenters. The number of rotatable bonds is 4. The number of thiocarbonyl (C=S) groups is 1. The molecule has 11 heavy (non-hydrogen) atoms. The molecule has 0 heterocycles. The summed E-state index contributed by atoms with van der Waals surface area (Å²) in [6, 6.07) is 0. The first-order valence-electron chi connectivity index (χ1n) is 3.65. The summed E-state index contributed by atoms with van der Waals surface area (Å²) in [5.74, 6) is 0.425. The molecule has 0 N–H and O–H groups in total. The maximum atomic E-state index is 10.8. The molecule has 0 bridgehead atoms. The summed E-state index contributed by atoms with van der Waals surface area (Å²) in [7, 11) is 0. The third-order valence-electron chi connectivity index (χ3n) is 1.70. The Labute approximate surface area is 77.9 Å². The van der Waals surface area contributed by atoms with Crippen LogP contribution >= 0.6 is 24.0 Å². The van der Waals surface area contributed by atoms with Gasteiger partial charge >= 0.3 is 0 Å². The number of carbonyl (C=O) groups is 1. The maximum Gasteiger partial charge on any atom is 0.132 e. The van der Waals surface area contributed by atoms with Crippen LogP contribution in [0.4, 0.5) is 0 Å². The summed E-state index contributed by atoms with van der Waals surface area (Å²) in [6.45, 7) is 3.58. The first-order valence-corrected chi connectivity index (χ1v) is 5.28. The van der Waals surface area contributed by atoms with Crippen molar-refractivity contribution in [1.29, 1.82) is 0 Å². The molecule has 0 aliphatic carbocycles. The highest BCUT2D eigenvalue weighted by Gasteiger charge is 2.07. The zero-order valence-corrected chi connectivity index (χ0v) is 8.85. The topological polar surface area (TPSA) is 17.1 Å². The molecule has 64 valence electrons. The number of Topliss-reactive ketones (excluding diaryl/α,β-unsaturated/α-hetero) is 1. The molecule has 0 rings (SSSR count). The molecular formula is C8H14OS2. The summed E-state index contributed by atoms with van der Waals surface area (Å²) in [4.78, 5) is 10.8. The lowest BCUT2D eigenvalue weighted by molar-refractivity contribution is -0.120. The van der Waals surface area contributed by atoms with E-state index in [9.17, 15) is 4.79 Å². The van der Waals surface area contributed by atoms with Crippen molar-refractivity contribution in [2.24, 2.45) is 5.92 Å². The van der Waals surface area contributed by atoms with Crippen molar-refractivity contribution in [3.63, 3.8) is 0 Å². The summed E-state index contributed by atoms with van der Waals surface area (Å²) < 4.78 is 0.998. The van der Waals surface area contributed by atoms with Gasteiger partial charge in [-0.15, -0.1) is 11.8 Å². The zero-order chi connectivity index (χ0) is 8.85. The van der Waals surface area contributed by atoms with E-state index >= 15 is 0 Å². The van der Waals surface area contributed by atoms with Crippen LogP contribution in [-0.2, 0) is 4.79 Å². The Balaban J connectivity index is 3.54. The first kappa shape index (κ1) is 11.1. The number of ketones is 1. The van der Waals surface area contributed by atoms with Crippen molar-refractivity contribution in [3.05, 3.63) is 0 Å². The Hall–Kier alpha value is 0.110. The molecule has 0 spiro atoms. The van der Waals surface area contributed by atoms with Gasteiger partial charge in [-0.1, -0.05) is 19.1 Å². The molecule has 0 fully saturated rings. The Morgan fingerprint density at radius 1 is 1.64 bits per heavy atom. The summed E-state index contributed by atoms with van der Waals surface area (Å²) >= 11 is 6.61. The van der Waals surface area contributed by atoms with Crippen molar-refractivity contribution >= 4 is 34.0 Å². The highest BCUT2D eigenvalue weighted by atomic mass is 32.2. The van der Waals surface area contributed by atoms with E-state index in [1.54, 1.807) is 18.7 Å². The van der Waals surface area contributed by atoms with E-state index in [1.165, 1.54) is 0 Å². The van der Waals surface area contributed by atoms with Gasteiger partial charge in [0.1, 0.15) is 5.78 Å². The van der Waals surface area contributed by atoms with E-state index in [4.69, 9.17) is 12.2 Å². The van der Waals surface area contributed by atoms with E-state index in [1.807, 2.05) is 13.2 Å². The van der Waals surface area contributed by atoms with E-state index in [2.05, 4.69) is 0 Å². The average molecular weight is 190 g/mol. The fraction of sp³-hybridized carbons (Fsp3) is 0.750. The van der Waals surface area contributed by atoms with Gasteiger partial charge in [-0.05, 0) is 26.0 Å². The lowest BCUT2D eigenvalue weighted by Gasteiger charge is -2.05. The molecule has 0 radical (unpaired) electrons. The van der Waals surface area contributed by atoms with Gasteiger partial charge in [0.25, 0.3) is 0 Å². The SMILES string of the molecule is CSC(=S)CCC(C)C(C)=O. The fourth-order valence-electron chi connectivity index (χ4n) is 0.640. The Bertz CT molecular complexity index is 154. The van der Waals surface area contributed by atoms with Gasteiger partial charge in [0.2, 0.25) is 0 Å². The molecule has 0 aliphatic heterocycles. The molecule has 0 aliphatic rings. The minimum atomic E-state index is 0.167. The Kier molecular flexibility index (Phi) is 5.78. The molecule has 0 aromatic rings. The molecule has 0 amide bonds. The zero-order valence-electron chi connectivity index (χ0n) is 7.22. The highest BCUT2D eigenvalue weighted by molar-refractivity contribution is 8.22. The van der Waals surface area contributed by atoms with Gasteiger partial charge in [0.15, 0.2) is 0 Å². The predicted octanol–water partition coefficient (Wildman–Crippen LogP) is 2.68. The smallest absolute Gasteiger partial charge is 0.132 e. The molecule has 0 aromatic carbocycles. The standard InChI is InChI=1S/C8H14OS2/c1-6(7(2)9)4-5-8(10)11-3/h6H,4-5H2,1-3H3. The van der Waals surface area contributed by atoms with E-state index in [-0.39, 0.29) is 11.7 Å². The van der Waals surface area contributed by atoms with Crippen molar-refractivity contribution in [1.82, 2.24) is 0 Å². The van der Waals surface area contributed by atoms with E-state index in [0.29, 0.717) is 0 Å². The predicted molar refractivity (Wildman–Crippen MR) is 55.2 cm³/mol. The molecule has 3 heteroatoms. The van der Waals surface area contributed by atoms with Crippen molar-refractivity contribution in [3.8, 4) is 0 Å². The van der Waals surface area contributed by atoms with Crippen molar-refractivity contribution < 1.29 is 4.79 Å². The van der Waals surface area contributed by atoms with Crippen molar-refractivity contribution in [2.75, 3.05) is 6.26 Å². The third kappa shape index (κ3) is 5.39. The van der Waals surface area contributed by atoms with Gasteiger partial charge in [-0.25, -0.2) is 0 Å². The van der Waals surface area contributed by atoms with E-state index in [0.717, 1.165) is 17.0 Å². The maximum absolute atomic E-state index is 10.8. The van der Waals surface area contributed by atoms with Crippen LogP contribution in [0.2, 0.25) is 0 Å². The number of hydrogen-bond donors (Lipinski definition) is 0. The molecule has 1 nitrogen and oxygen atoms in total. The van der Waals surface area contributed by atoms with Crippen LogP contribution in [0.5, 0.6) is 0 Å². The van der Waals surface area contributed by atoms with Gasteiger partial charge in [-0.2, -0.15) is 0 Å². The number of thioether (sulfide) groups is 1. The van der Waals surface area contributed by atoms with Gasteiger partial charge < -0.3 is 0 Å². The highest BCUT2D eigenvalue weighted by Crippen LogP contribution is 2.12. The van der Waals surface area contributed by atoms with E-state index < -0.39 is 0 Å². The van der Waals surface area contributed by atoms with Crippen LogP contribution in [0.15, 0.2) is 0 Å². The molecule has 0 saturated carbocycles. The summed E-state index contributed by atoms with van der Waals surface area (Å²) in [6.07, 6.45) is 3.76. The fourth-order valence-corrected chi connectivity index (χ4v) is 1.08. The normalized spacial score (nSPS) is 12.6. The van der Waals surface area contributed by atoms with Crippen LogP contribution < -0.4 is 0 Å². The quantitative estimate of drug-likeness (QED) is 0.634. The second-order valence-corrected chi connectivity index (χ2v) is 4.28. The van der Waals surface area contributed by atoms with Crippen LogP contribution in [0, 0.1) is 5.92 Å². The minimum absolute atomic E-state index is 0.167. The van der Waals surface area contributed by atoms with Crippen LogP contribution in [0.25, 0.3) is 0 Å². The third-order valence-corrected chi connectivity index (χ3v) is 3.07. The first-order chi connectivity index (χ1) is 5.07. The van der Waals surface area contributed by atoms with Crippen LogP contribution in [-0.4, -0.2) is 16.2 Å². The van der Waals surface area contributed by atoms with Gasteiger partial charge in [0.05, 0.1) is 0 Å². The molecular weight excluding hydrogens is 176 g/mol. The molecule has 0 saturated heterocycles. The lowest BCUT2D eigenvalue weighted by Crippen LogP contribution is -2.07. The Morgan fingerprint density at radius 2 is 2.18 bits per heavy atom. The summed E-state index contributed by atoms with van der Waals surface area (Å²) in [5.41, 5.74) is 0. The Morgan fingerprint density at radius 3 is 2.55 bits per heavy atom. The van der Waals surface area contributed by atoms with Gasteiger partial charge in [0, 0.05) is 10.1 Å². The number of hydrogen-bond acceptors (Lipinski definition) is 3. The molecule has 1 unspecified atom stereocenters. The van der Waals surface area contributed by atoms with Gasteiger partial charge in [-0.3, -0.25) is 4.79 Å². The van der Waals surface area contributed by atoms with Crippen LogP contribution in [0.3, 0.4) is 0 Å². The largest absolute Gasteiger partial charge is 0.300 e. The van der Waals surface area contributed by atoms with Crippen LogP contribution in [0.1, 0.15) is 26.7 Å². The average Bonchev–Trinajstić information content (AvgIpc) is 1.99. The van der Waals surface area contributed by atoms with Crippen molar-refractivity contribution in [2.45, 2.75) is 26.7 Å². The summed E-state index contributed by atoms with van der Waals surface area (Å²) in [5, 5.41) is 0. The second kappa shape index (κ2) is 5.72. The number of carbonyl (C=O) groups excluding carboxylic acids is 1. The lowest BCUT2D eigenvalue weighted by atomic mass is 10.0. The molecule has 0 aromatic heterocycles. The minimum Gasteiger partial charge on any atom is -0.300 e. The monoisotopic (exact) mass is 190 g/mol.